The van der Waals surface area contributed by atoms with Gasteiger partial charge in [-0.05, 0) is 6.42 Å². The second-order valence-corrected chi connectivity index (χ2v) is 8.12. The number of hydrogen-bond donors (Lipinski definition) is 5. The molecule has 2 aliphatic heterocycles. The lowest BCUT2D eigenvalue weighted by Crippen LogP contribution is -2.38. The van der Waals surface area contributed by atoms with E-state index in [4.69, 9.17) is 14.2 Å². The van der Waals surface area contributed by atoms with Gasteiger partial charge in [0.05, 0.1) is 12.7 Å². The second-order valence-electron chi connectivity index (χ2n) is 8.12. The van der Waals surface area contributed by atoms with Crippen molar-refractivity contribution in [1.29, 1.82) is 0 Å². The highest BCUT2D eigenvalue weighted by Gasteiger charge is 2.47. The topological polar surface area (TPSA) is 163 Å². The largest absolute Gasteiger partial charge is 0.387 e. The Hall–Kier alpha value is -1.60. The molecule has 0 saturated carbocycles. The summed E-state index contributed by atoms with van der Waals surface area (Å²) >= 11 is 0. The lowest BCUT2D eigenvalue weighted by atomic mass is 10.0. The number of H-pyrrole nitrogens is 1. The molecule has 176 valence electrons. The monoisotopic (exact) mass is 444 g/mol. The van der Waals surface area contributed by atoms with E-state index in [-0.39, 0.29) is 6.61 Å². The third-order valence-electron chi connectivity index (χ3n) is 5.80. The molecule has 31 heavy (non-hydrogen) atoms. The Labute approximate surface area is 179 Å². The van der Waals surface area contributed by atoms with Crippen LogP contribution >= 0.6 is 0 Å². The molecule has 3 rings (SSSR count). The molecule has 2 aliphatic rings. The van der Waals surface area contributed by atoms with E-state index in [0.717, 1.165) is 48.9 Å². The van der Waals surface area contributed by atoms with E-state index < -0.39 is 60.4 Å². The first-order valence-corrected chi connectivity index (χ1v) is 10.8. The Morgan fingerprint density at radius 2 is 1.68 bits per heavy atom. The lowest BCUT2D eigenvalue weighted by Gasteiger charge is -2.20. The first kappa shape index (κ1) is 24.1. The fraction of sp³-hybridized carbons (Fsp3) is 0.800. The third-order valence-corrected chi connectivity index (χ3v) is 5.80. The smallest absolute Gasteiger partial charge is 0.330 e. The van der Waals surface area contributed by atoms with Gasteiger partial charge in [0.15, 0.2) is 12.5 Å². The standard InChI is InChI=1S/C20H32N2O9/c1-2-3-4-5-6-7-11-14(24)17(27)19(31-11)29-10-12-15(25)16(26)18(30-12)22-9-8-13(23)21-20(22)28/h8-9,11-12,14-19,24-27H,2-7,10H2,1H3,(H,21,23,28)/t11-,12-,14-,15-,16-,17-,18-,19-/m1/s1. The van der Waals surface area contributed by atoms with Crippen LogP contribution in [0.3, 0.4) is 0 Å². The van der Waals surface area contributed by atoms with Crippen molar-refractivity contribution in [3.05, 3.63) is 33.1 Å². The van der Waals surface area contributed by atoms with Gasteiger partial charge >= 0.3 is 5.69 Å². The van der Waals surface area contributed by atoms with Gasteiger partial charge in [-0.2, -0.15) is 0 Å². The molecule has 2 fully saturated rings. The molecule has 3 heterocycles. The van der Waals surface area contributed by atoms with Gasteiger partial charge in [-0.25, -0.2) is 4.79 Å². The molecule has 1 aromatic rings. The molecular weight excluding hydrogens is 412 g/mol. The number of aliphatic hydroxyl groups is 4. The van der Waals surface area contributed by atoms with E-state index in [2.05, 4.69) is 11.9 Å². The molecule has 0 aliphatic carbocycles. The van der Waals surface area contributed by atoms with Crippen molar-refractivity contribution < 1.29 is 34.6 Å². The van der Waals surface area contributed by atoms with Crippen LogP contribution in [0.4, 0.5) is 0 Å². The summed E-state index contributed by atoms with van der Waals surface area (Å²) < 4.78 is 17.7. The number of nitrogens with one attached hydrogen (secondary N) is 1. The lowest BCUT2D eigenvalue weighted by molar-refractivity contribution is -0.188. The molecule has 11 heteroatoms. The third kappa shape index (κ3) is 5.61. The normalized spacial score (nSPS) is 35.6. The number of aliphatic hydroxyl groups excluding tert-OH is 4. The highest BCUT2D eigenvalue weighted by molar-refractivity contribution is 4.94. The molecule has 8 atom stereocenters. The Bertz CT molecular complexity index is 812. The molecular formula is C20H32N2O9. The number of hydrogen-bond acceptors (Lipinski definition) is 9. The van der Waals surface area contributed by atoms with E-state index >= 15 is 0 Å². The summed E-state index contributed by atoms with van der Waals surface area (Å²) in [7, 11) is 0. The number of nitrogens with zero attached hydrogens (tertiary/aromatic N) is 1. The molecule has 0 aromatic carbocycles. The van der Waals surface area contributed by atoms with Crippen LogP contribution in [0.15, 0.2) is 21.9 Å². The van der Waals surface area contributed by atoms with Gasteiger partial charge in [0.1, 0.15) is 30.5 Å². The van der Waals surface area contributed by atoms with E-state index in [1.54, 1.807) is 0 Å². The summed E-state index contributed by atoms with van der Waals surface area (Å²) in [4.78, 5) is 25.2. The van der Waals surface area contributed by atoms with Gasteiger partial charge in [0.2, 0.25) is 0 Å². The molecule has 2 saturated heterocycles. The minimum atomic E-state index is -1.44. The fourth-order valence-electron chi connectivity index (χ4n) is 3.95. The van der Waals surface area contributed by atoms with Crippen LogP contribution in [-0.2, 0) is 14.2 Å². The number of aromatic amines is 1. The average molecular weight is 444 g/mol. The van der Waals surface area contributed by atoms with Gasteiger partial charge in [0.25, 0.3) is 5.56 Å². The predicted molar refractivity (Wildman–Crippen MR) is 107 cm³/mol. The summed E-state index contributed by atoms with van der Waals surface area (Å²) in [5, 5.41) is 41.0. The highest BCUT2D eigenvalue weighted by atomic mass is 16.7. The Kier molecular flexibility index (Phi) is 8.39. The molecule has 0 bridgehead atoms. The Balaban J connectivity index is 1.52. The molecule has 1 aromatic heterocycles. The van der Waals surface area contributed by atoms with Gasteiger partial charge in [-0.1, -0.05) is 39.0 Å². The number of aromatic nitrogens is 2. The van der Waals surface area contributed by atoms with Crippen molar-refractivity contribution in [2.24, 2.45) is 0 Å². The molecule has 11 nitrogen and oxygen atoms in total. The average Bonchev–Trinajstić information content (AvgIpc) is 3.17. The van der Waals surface area contributed by atoms with Crippen LogP contribution in [0, 0.1) is 0 Å². The van der Waals surface area contributed by atoms with Gasteiger partial charge in [0, 0.05) is 12.3 Å². The van der Waals surface area contributed by atoms with E-state index in [9.17, 15) is 30.0 Å². The SMILES string of the molecule is CCCCCCC[C@H]1O[C@@H](OC[C@H]2O[C@@H](n3ccc(=O)[nH]c3=O)[C@H](O)[C@@H]2O)[C@H](O)[C@@H]1O. The maximum absolute atomic E-state index is 11.9. The number of ether oxygens (including phenoxy) is 3. The van der Waals surface area contributed by atoms with Crippen LogP contribution in [0.25, 0.3) is 0 Å². The fourth-order valence-corrected chi connectivity index (χ4v) is 3.95. The number of rotatable bonds is 10. The first-order valence-electron chi connectivity index (χ1n) is 10.8. The summed E-state index contributed by atoms with van der Waals surface area (Å²) in [6.45, 7) is 1.89. The summed E-state index contributed by atoms with van der Waals surface area (Å²) in [5.74, 6) is 0. The minimum absolute atomic E-state index is 0.246. The predicted octanol–water partition coefficient (Wildman–Crippen LogP) is -1.02. The molecule has 0 amide bonds. The van der Waals surface area contributed by atoms with Gasteiger partial charge in [-0.3, -0.25) is 14.3 Å². The second kappa shape index (κ2) is 10.8. The van der Waals surface area contributed by atoms with Crippen LogP contribution in [-0.4, -0.2) is 79.5 Å². The van der Waals surface area contributed by atoms with E-state index in [1.807, 2.05) is 0 Å². The molecule has 0 spiro atoms. The van der Waals surface area contributed by atoms with Crippen LogP contribution in [0.2, 0.25) is 0 Å². The van der Waals surface area contributed by atoms with Crippen molar-refractivity contribution in [3.63, 3.8) is 0 Å². The zero-order valence-corrected chi connectivity index (χ0v) is 17.5. The highest BCUT2D eigenvalue weighted by Crippen LogP contribution is 2.30. The van der Waals surface area contributed by atoms with E-state index in [1.165, 1.54) is 0 Å². The van der Waals surface area contributed by atoms with E-state index in [0.29, 0.717) is 6.42 Å². The first-order chi connectivity index (χ1) is 14.8. The summed E-state index contributed by atoms with van der Waals surface area (Å²) in [6, 6.07) is 1.10. The summed E-state index contributed by atoms with van der Waals surface area (Å²) in [6.07, 6.45) is -1.96. The number of unbranched alkanes of at least 4 members (excludes halogenated alkanes) is 4. The van der Waals surface area contributed by atoms with Crippen LogP contribution in [0.5, 0.6) is 0 Å². The van der Waals surface area contributed by atoms with Crippen molar-refractivity contribution in [2.45, 2.75) is 94.6 Å². The molecule has 0 unspecified atom stereocenters. The summed E-state index contributed by atoms with van der Waals surface area (Å²) in [5.41, 5.74) is -1.38. The Morgan fingerprint density at radius 3 is 2.39 bits per heavy atom. The molecule has 0 radical (unpaired) electrons. The zero-order valence-electron chi connectivity index (χ0n) is 17.5. The van der Waals surface area contributed by atoms with Gasteiger partial charge < -0.3 is 34.6 Å². The minimum Gasteiger partial charge on any atom is -0.387 e. The van der Waals surface area contributed by atoms with Crippen molar-refractivity contribution in [3.8, 4) is 0 Å². The molecule has 5 N–H and O–H groups in total. The van der Waals surface area contributed by atoms with Crippen molar-refractivity contribution >= 4 is 0 Å². The van der Waals surface area contributed by atoms with Crippen molar-refractivity contribution in [1.82, 2.24) is 9.55 Å². The van der Waals surface area contributed by atoms with Crippen molar-refractivity contribution in [2.75, 3.05) is 6.61 Å². The maximum atomic E-state index is 11.9. The van der Waals surface area contributed by atoms with Crippen LogP contribution in [0.1, 0.15) is 51.7 Å². The van der Waals surface area contributed by atoms with Crippen LogP contribution < -0.4 is 11.2 Å². The van der Waals surface area contributed by atoms with Gasteiger partial charge in [-0.15, -0.1) is 0 Å². The zero-order chi connectivity index (χ0) is 22.5. The maximum Gasteiger partial charge on any atom is 0.330 e. The quantitative estimate of drug-likeness (QED) is 0.284. The Morgan fingerprint density at radius 1 is 0.968 bits per heavy atom.